The average molecular weight is 399 g/mol. The summed E-state index contributed by atoms with van der Waals surface area (Å²) in [5, 5.41) is 3.11. The van der Waals surface area contributed by atoms with Crippen LogP contribution in [0.1, 0.15) is 16.8 Å². The minimum absolute atomic E-state index is 0.0489. The molecule has 2 rings (SSSR count). The Kier molecular flexibility index (Phi) is 6.83. The largest absolute Gasteiger partial charge is 0.491 e. The molecular formula is C18H17Cl2FN2O3. The molecule has 2 amide bonds. The highest BCUT2D eigenvalue weighted by molar-refractivity contribution is 6.34. The molecule has 0 aromatic heterocycles. The lowest BCUT2D eigenvalue weighted by Crippen LogP contribution is -2.22. The number of rotatable bonds is 6. The molecule has 0 atom stereocenters. The molecule has 2 aromatic carbocycles. The van der Waals surface area contributed by atoms with Crippen molar-refractivity contribution in [2.75, 3.05) is 26.0 Å². The van der Waals surface area contributed by atoms with Crippen LogP contribution in [0.5, 0.6) is 5.75 Å². The van der Waals surface area contributed by atoms with Gasteiger partial charge in [0.25, 0.3) is 5.91 Å². The van der Waals surface area contributed by atoms with Gasteiger partial charge in [0.05, 0.1) is 28.6 Å². The summed E-state index contributed by atoms with van der Waals surface area (Å²) in [5.41, 5.74) is 0.744. The predicted molar refractivity (Wildman–Crippen MR) is 99.6 cm³/mol. The van der Waals surface area contributed by atoms with Crippen molar-refractivity contribution in [1.82, 2.24) is 4.90 Å². The van der Waals surface area contributed by atoms with Crippen LogP contribution in [-0.4, -0.2) is 37.4 Å². The molecule has 0 aliphatic heterocycles. The molecule has 0 radical (unpaired) electrons. The third-order valence-electron chi connectivity index (χ3n) is 3.37. The molecule has 2 aromatic rings. The lowest BCUT2D eigenvalue weighted by Gasteiger charge is -2.13. The molecule has 5 nitrogen and oxygen atoms in total. The van der Waals surface area contributed by atoms with E-state index in [1.807, 2.05) is 0 Å². The number of halogens is 3. The summed E-state index contributed by atoms with van der Waals surface area (Å²) in [4.78, 5) is 25.5. The normalized spacial score (nSPS) is 10.3. The lowest BCUT2D eigenvalue weighted by molar-refractivity contribution is -0.116. The predicted octanol–water partition coefficient (Wildman–Crippen LogP) is 4.24. The number of carbonyl (C=O) groups excluding carboxylic acids is 2. The smallest absolute Gasteiger partial charge is 0.254 e. The van der Waals surface area contributed by atoms with Crippen LogP contribution in [0, 0.1) is 5.82 Å². The van der Waals surface area contributed by atoms with Crippen LogP contribution in [0.4, 0.5) is 10.1 Å². The Morgan fingerprint density at radius 3 is 2.50 bits per heavy atom. The van der Waals surface area contributed by atoms with Crippen LogP contribution in [-0.2, 0) is 4.79 Å². The van der Waals surface area contributed by atoms with Gasteiger partial charge in [-0.25, -0.2) is 4.39 Å². The monoisotopic (exact) mass is 398 g/mol. The van der Waals surface area contributed by atoms with Crippen molar-refractivity contribution < 1.29 is 18.7 Å². The van der Waals surface area contributed by atoms with Crippen LogP contribution in [0.2, 0.25) is 10.0 Å². The highest BCUT2D eigenvalue weighted by Gasteiger charge is 2.14. The summed E-state index contributed by atoms with van der Waals surface area (Å²) in [5.74, 6) is -0.744. The first-order valence-corrected chi connectivity index (χ1v) is 8.42. The van der Waals surface area contributed by atoms with Crippen LogP contribution in [0.3, 0.4) is 0 Å². The van der Waals surface area contributed by atoms with Crippen molar-refractivity contribution >= 4 is 40.7 Å². The van der Waals surface area contributed by atoms with Gasteiger partial charge in [-0.15, -0.1) is 0 Å². The van der Waals surface area contributed by atoms with E-state index in [-0.39, 0.29) is 29.9 Å². The molecule has 0 heterocycles. The highest BCUT2D eigenvalue weighted by atomic mass is 35.5. The van der Waals surface area contributed by atoms with E-state index in [0.29, 0.717) is 22.0 Å². The molecule has 0 aliphatic rings. The van der Waals surface area contributed by atoms with E-state index in [2.05, 4.69) is 5.32 Å². The van der Waals surface area contributed by atoms with Crippen LogP contribution < -0.4 is 10.1 Å². The van der Waals surface area contributed by atoms with Crippen molar-refractivity contribution in [3.63, 3.8) is 0 Å². The number of anilines is 1. The Balaban J connectivity index is 1.93. The van der Waals surface area contributed by atoms with Crippen molar-refractivity contribution in [2.45, 2.75) is 6.42 Å². The van der Waals surface area contributed by atoms with Gasteiger partial charge in [0, 0.05) is 19.8 Å². The molecule has 138 valence electrons. The van der Waals surface area contributed by atoms with Crippen molar-refractivity contribution in [1.29, 1.82) is 0 Å². The molecule has 0 bridgehead atoms. The number of ether oxygens (including phenoxy) is 1. The maximum Gasteiger partial charge on any atom is 0.254 e. The molecule has 8 heteroatoms. The van der Waals surface area contributed by atoms with Gasteiger partial charge >= 0.3 is 0 Å². The maximum atomic E-state index is 13.0. The molecule has 0 spiro atoms. The second kappa shape index (κ2) is 8.87. The Morgan fingerprint density at radius 2 is 1.85 bits per heavy atom. The zero-order valence-corrected chi connectivity index (χ0v) is 15.7. The zero-order chi connectivity index (χ0) is 19.3. The number of amides is 2. The van der Waals surface area contributed by atoms with E-state index in [4.69, 9.17) is 27.9 Å². The standard InChI is InChI=1S/C18H17Cl2FN2O3/c1-23(2)18(25)13-10-12(4-5-14(13)19)22-17(24)7-8-26-16-6-3-11(21)9-15(16)20/h3-6,9-10H,7-8H2,1-2H3,(H,22,24). The number of nitrogens with one attached hydrogen (secondary N) is 1. The van der Waals surface area contributed by atoms with Crippen molar-refractivity contribution in [3.05, 3.63) is 57.8 Å². The fraction of sp³-hybridized carbons (Fsp3) is 0.222. The van der Waals surface area contributed by atoms with Gasteiger partial charge in [0.2, 0.25) is 5.91 Å². The van der Waals surface area contributed by atoms with Gasteiger partial charge in [-0.05, 0) is 36.4 Å². The second-order valence-corrected chi connectivity index (χ2v) is 6.43. The van der Waals surface area contributed by atoms with Crippen LogP contribution in [0.25, 0.3) is 0 Å². The van der Waals surface area contributed by atoms with E-state index >= 15 is 0 Å². The first-order valence-electron chi connectivity index (χ1n) is 7.67. The molecule has 0 saturated heterocycles. The van der Waals surface area contributed by atoms with Gasteiger partial charge in [-0.2, -0.15) is 0 Å². The molecule has 0 unspecified atom stereocenters. The third kappa shape index (κ3) is 5.34. The fourth-order valence-electron chi connectivity index (χ4n) is 2.08. The van der Waals surface area contributed by atoms with Crippen molar-refractivity contribution in [2.24, 2.45) is 0 Å². The van der Waals surface area contributed by atoms with E-state index in [9.17, 15) is 14.0 Å². The van der Waals surface area contributed by atoms with Gasteiger partial charge in [0.1, 0.15) is 11.6 Å². The number of carbonyl (C=O) groups is 2. The highest BCUT2D eigenvalue weighted by Crippen LogP contribution is 2.25. The number of benzene rings is 2. The minimum Gasteiger partial charge on any atom is -0.491 e. The van der Waals surface area contributed by atoms with E-state index < -0.39 is 5.82 Å². The average Bonchev–Trinajstić information content (AvgIpc) is 2.58. The summed E-state index contributed by atoms with van der Waals surface area (Å²) in [6.07, 6.45) is 0.0489. The van der Waals surface area contributed by atoms with Gasteiger partial charge < -0.3 is 15.0 Å². The molecule has 0 fully saturated rings. The quantitative estimate of drug-likeness (QED) is 0.791. The molecular weight excluding hydrogens is 382 g/mol. The molecule has 0 aliphatic carbocycles. The number of hydrogen-bond acceptors (Lipinski definition) is 3. The maximum absolute atomic E-state index is 13.0. The second-order valence-electron chi connectivity index (χ2n) is 5.62. The summed E-state index contributed by atoms with van der Waals surface area (Å²) in [6.45, 7) is 0.0638. The van der Waals surface area contributed by atoms with Gasteiger partial charge in [0.15, 0.2) is 0 Å². The Labute approximate surface area is 160 Å². The Morgan fingerprint density at radius 1 is 1.12 bits per heavy atom. The van der Waals surface area contributed by atoms with E-state index in [0.717, 1.165) is 6.07 Å². The molecule has 26 heavy (non-hydrogen) atoms. The van der Waals surface area contributed by atoms with Crippen LogP contribution >= 0.6 is 23.2 Å². The summed E-state index contributed by atoms with van der Waals surface area (Å²) in [7, 11) is 3.23. The molecule has 0 saturated carbocycles. The molecule has 1 N–H and O–H groups in total. The number of hydrogen-bond donors (Lipinski definition) is 1. The van der Waals surface area contributed by atoms with Gasteiger partial charge in [-0.1, -0.05) is 23.2 Å². The summed E-state index contributed by atoms with van der Waals surface area (Å²) in [6, 6.07) is 8.41. The first kappa shape index (κ1) is 20.0. The van der Waals surface area contributed by atoms with Crippen molar-refractivity contribution in [3.8, 4) is 5.75 Å². The lowest BCUT2D eigenvalue weighted by atomic mass is 10.1. The summed E-state index contributed by atoms with van der Waals surface area (Å²) >= 11 is 11.9. The Bertz CT molecular complexity index is 828. The zero-order valence-electron chi connectivity index (χ0n) is 14.2. The summed E-state index contributed by atoms with van der Waals surface area (Å²) < 4.78 is 18.3. The first-order chi connectivity index (χ1) is 12.3. The SMILES string of the molecule is CN(C)C(=O)c1cc(NC(=O)CCOc2ccc(F)cc2Cl)ccc1Cl. The topological polar surface area (TPSA) is 58.6 Å². The third-order valence-corrected chi connectivity index (χ3v) is 3.99. The minimum atomic E-state index is -0.467. The fourth-order valence-corrected chi connectivity index (χ4v) is 2.50. The number of nitrogens with zero attached hydrogens (tertiary/aromatic N) is 1. The van der Waals surface area contributed by atoms with Crippen LogP contribution in [0.15, 0.2) is 36.4 Å². The van der Waals surface area contributed by atoms with E-state index in [1.165, 1.54) is 23.1 Å². The Hall–Kier alpha value is -2.31. The van der Waals surface area contributed by atoms with Gasteiger partial charge in [-0.3, -0.25) is 9.59 Å². The van der Waals surface area contributed by atoms with E-state index in [1.54, 1.807) is 26.2 Å².